The van der Waals surface area contributed by atoms with Crippen molar-refractivity contribution in [1.29, 1.82) is 0 Å². The van der Waals surface area contributed by atoms with E-state index in [-0.39, 0.29) is 0 Å². The van der Waals surface area contributed by atoms with E-state index >= 15 is 0 Å². The van der Waals surface area contributed by atoms with Crippen LogP contribution >= 0.6 is 15.9 Å². The van der Waals surface area contributed by atoms with Gasteiger partial charge in [0.15, 0.2) is 0 Å². The van der Waals surface area contributed by atoms with Crippen LogP contribution < -0.4 is 5.32 Å². The van der Waals surface area contributed by atoms with E-state index in [1.54, 1.807) is 12.4 Å². The minimum atomic E-state index is 0.362. The molecule has 1 unspecified atom stereocenters. The Labute approximate surface area is 142 Å². The summed E-state index contributed by atoms with van der Waals surface area (Å²) in [6.45, 7) is 1.07. The third kappa shape index (κ3) is 3.04. The molecular weight excluding hydrogens is 354 g/mol. The van der Waals surface area contributed by atoms with Crippen LogP contribution in [0.15, 0.2) is 47.5 Å². The van der Waals surface area contributed by atoms with Crippen molar-refractivity contribution in [2.45, 2.75) is 18.9 Å². The molecule has 2 N–H and O–H groups in total. The largest absolute Gasteiger partial charge is 0.341 e. The van der Waals surface area contributed by atoms with Gasteiger partial charge in [0.2, 0.25) is 0 Å². The van der Waals surface area contributed by atoms with Crippen LogP contribution in [0.5, 0.6) is 0 Å². The maximum atomic E-state index is 4.52. The van der Waals surface area contributed by atoms with Crippen molar-refractivity contribution < 1.29 is 0 Å². The summed E-state index contributed by atoms with van der Waals surface area (Å²) in [7, 11) is 0. The minimum absolute atomic E-state index is 0.362. The van der Waals surface area contributed by atoms with Gasteiger partial charge in [-0.3, -0.25) is 4.98 Å². The van der Waals surface area contributed by atoms with Crippen LogP contribution in [0.1, 0.15) is 24.7 Å². The van der Waals surface area contributed by atoms with Crippen LogP contribution in [-0.4, -0.2) is 26.5 Å². The lowest BCUT2D eigenvalue weighted by molar-refractivity contribution is 0.613. The van der Waals surface area contributed by atoms with Gasteiger partial charge in [-0.05, 0) is 40.9 Å². The molecule has 0 spiro atoms. The van der Waals surface area contributed by atoms with E-state index in [4.69, 9.17) is 0 Å². The maximum absolute atomic E-state index is 4.52. The standard InChI is InChI=1S/C17H16BrN5/c18-16-10-20-14(8-21-16)11-3-5-12(6-4-11)15-9-22-17(23-15)13-2-1-7-19-13/h3-6,8-10,13,19H,1-2,7H2,(H,22,23). The number of halogens is 1. The molecule has 4 rings (SSSR count). The number of benzene rings is 1. The number of nitrogens with zero attached hydrogens (tertiary/aromatic N) is 3. The molecule has 0 amide bonds. The number of aromatic amines is 1. The van der Waals surface area contributed by atoms with E-state index in [0.29, 0.717) is 6.04 Å². The molecule has 1 aliphatic rings. The quantitative estimate of drug-likeness (QED) is 0.738. The molecule has 1 aliphatic heterocycles. The summed E-state index contributed by atoms with van der Waals surface area (Å²) in [6.07, 6.45) is 7.74. The zero-order valence-electron chi connectivity index (χ0n) is 12.5. The summed E-state index contributed by atoms with van der Waals surface area (Å²) in [4.78, 5) is 16.5. The van der Waals surface area contributed by atoms with Crippen molar-refractivity contribution in [3.63, 3.8) is 0 Å². The summed E-state index contributed by atoms with van der Waals surface area (Å²) in [5.74, 6) is 1.03. The molecule has 1 aromatic carbocycles. The zero-order valence-corrected chi connectivity index (χ0v) is 14.0. The van der Waals surface area contributed by atoms with Crippen molar-refractivity contribution in [3.8, 4) is 22.5 Å². The number of imidazole rings is 1. The van der Waals surface area contributed by atoms with Gasteiger partial charge in [-0.1, -0.05) is 24.3 Å². The Morgan fingerprint density at radius 3 is 2.48 bits per heavy atom. The molecule has 0 aliphatic carbocycles. The monoisotopic (exact) mass is 369 g/mol. The summed E-state index contributed by atoms with van der Waals surface area (Å²) in [5, 5.41) is 3.46. The molecule has 0 bridgehead atoms. The summed E-state index contributed by atoms with van der Waals surface area (Å²) < 4.78 is 0.739. The second-order valence-electron chi connectivity index (χ2n) is 5.63. The molecular formula is C17H16BrN5. The molecule has 0 radical (unpaired) electrons. The van der Waals surface area contributed by atoms with Crippen LogP contribution in [0.4, 0.5) is 0 Å². The van der Waals surface area contributed by atoms with Crippen molar-refractivity contribution in [2.75, 3.05) is 6.54 Å². The SMILES string of the molecule is Brc1cnc(-c2ccc(-c3cnc(C4CCCN4)[nH]3)cc2)cn1. The van der Waals surface area contributed by atoms with Gasteiger partial charge in [-0.25, -0.2) is 9.97 Å². The van der Waals surface area contributed by atoms with Gasteiger partial charge in [0.05, 0.1) is 36.0 Å². The maximum Gasteiger partial charge on any atom is 0.124 e. The molecule has 3 aromatic rings. The number of hydrogen-bond donors (Lipinski definition) is 2. The second kappa shape index (κ2) is 6.22. The first kappa shape index (κ1) is 14.5. The number of H-pyrrole nitrogens is 1. The van der Waals surface area contributed by atoms with Crippen LogP contribution in [0.3, 0.4) is 0 Å². The lowest BCUT2D eigenvalue weighted by atomic mass is 10.1. The van der Waals surface area contributed by atoms with Crippen LogP contribution in [-0.2, 0) is 0 Å². The smallest absolute Gasteiger partial charge is 0.124 e. The van der Waals surface area contributed by atoms with Gasteiger partial charge in [-0.15, -0.1) is 0 Å². The van der Waals surface area contributed by atoms with Gasteiger partial charge < -0.3 is 10.3 Å². The molecule has 23 heavy (non-hydrogen) atoms. The number of rotatable bonds is 3. The van der Waals surface area contributed by atoms with Gasteiger partial charge in [0.25, 0.3) is 0 Å². The molecule has 3 heterocycles. The number of hydrogen-bond acceptors (Lipinski definition) is 4. The Kier molecular flexibility index (Phi) is 3.93. The third-order valence-corrected chi connectivity index (χ3v) is 4.51. The summed E-state index contributed by atoms with van der Waals surface area (Å²) in [5.41, 5.74) is 4.07. The van der Waals surface area contributed by atoms with E-state index in [1.165, 1.54) is 6.42 Å². The molecule has 0 saturated carbocycles. The normalized spacial score (nSPS) is 17.5. The molecule has 116 valence electrons. The second-order valence-corrected chi connectivity index (χ2v) is 6.45. The highest BCUT2D eigenvalue weighted by molar-refractivity contribution is 9.10. The van der Waals surface area contributed by atoms with Crippen LogP contribution in [0, 0.1) is 0 Å². The topological polar surface area (TPSA) is 66.5 Å². The Morgan fingerprint density at radius 1 is 0.957 bits per heavy atom. The Bertz CT molecular complexity index is 789. The first-order valence-corrected chi connectivity index (χ1v) is 8.45. The summed E-state index contributed by atoms with van der Waals surface area (Å²) in [6, 6.07) is 8.64. The van der Waals surface area contributed by atoms with E-state index in [0.717, 1.165) is 45.9 Å². The molecule has 6 heteroatoms. The molecule has 1 saturated heterocycles. The average Bonchev–Trinajstić information content (AvgIpc) is 3.27. The predicted octanol–water partition coefficient (Wildman–Crippen LogP) is 3.72. The van der Waals surface area contributed by atoms with Gasteiger partial charge in [0, 0.05) is 5.56 Å². The lowest BCUT2D eigenvalue weighted by Crippen LogP contribution is -2.14. The molecule has 1 atom stereocenters. The van der Waals surface area contributed by atoms with E-state index < -0.39 is 0 Å². The Morgan fingerprint density at radius 2 is 1.78 bits per heavy atom. The van der Waals surface area contributed by atoms with Crippen molar-refractivity contribution in [2.24, 2.45) is 0 Å². The minimum Gasteiger partial charge on any atom is -0.341 e. The lowest BCUT2D eigenvalue weighted by Gasteiger charge is -2.06. The van der Waals surface area contributed by atoms with Crippen molar-refractivity contribution in [1.82, 2.24) is 25.3 Å². The van der Waals surface area contributed by atoms with Crippen LogP contribution in [0.25, 0.3) is 22.5 Å². The highest BCUT2D eigenvalue weighted by atomic mass is 79.9. The third-order valence-electron chi connectivity index (χ3n) is 4.10. The highest BCUT2D eigenvalue weighted by Gasteiger charge is 2.19. The van der Waals surface area contributed by atoms with E-state index in [1.807, 2.05) is 6.20 Å². The van der Waals surface area contributed by atoms with Gasteiger partial charge >= 0.3 is 0 Å². The van der Waals surface area contributed by atoms with Gasteiger partial charge in [0.1, 0.15) is 10.4 Å². The number of aromatic nitrogens is 4. The van der Waals surface area contributed by atoms with E-state index in [2.05, 4.69) is 65.4 Å². The Balaban J connectivity index is 1.57. The highest BCUT2D eigenvalue weighted by Crippen LogP contribution is 2.26. The Hall–Kier alpha value is -2.05. The number of nitrogens with one attached hydrogen (secondary N) is 2. The fourth-order valence-electron chi connectivity index (χ4n) is 2.86. The average molecular weight is 370 g/mol. The fraction of sp³-hybridized carbons (Fsp3) is 0.235. The zero-order chi connectivity index (χ0) is 15.6. The predicted molar refractivity (Wildman–Crippen MR) is 92.7 cm³/mol. The fourth-order valence-corrected chi connectivity index (χ4v) is 3.06. The van der Waals surface area contributed by atoms with Crippen molar-refractivity contribution >= 4 is 15.9 Å². The molecule has 2 aromatic heterocycles. The molecule has 1 fully saturated rings. The molecule has 5 nitrogen and oxygen atoms in total. The first-order chi connectivity index (χ1) is 11.3. The summed E-state index contributed by atoms with van der Waals surface area (Å²) >= 11 is 3.30. The van der Waals surface area contributed by atoms with Crippen LogP contribution in [0.2, 0.25) is 0 Å². The van der Waals surface area contributed by atoms with Gasteiger partial charge in [-0.2, -0.15) is 0 Å². The van der Waals surface area contributed by atoms with Crippen molar-refractivity contribution in [3.05, 3.63) is 53.3 Å². The van der Waals surface area contributed by atoms with E-state index in [9.17, 15) is 0 Å². The first-order valence-electron chi connectivity index (χ1n) is 7.66.